The fourth-order valence-electron chi connectivity index (χ4n) is 2.51. The van der Waals surface area contributed by atoms with Crippen molar-refractivity contribution in [1.29, 1.82) is 0 Å². The van der Waals surface area contributed by atoms with E-state index in [0.717, 1.165) is 0 Å². The van der Waals surface area contributed by atoms with Crippen LogP contribution in [0.15, 0.2) is 18.2 Å². The minimum atomic E-state index is -0.835. The van der Waals surface area contributed by atoms with E-state index in [2.05, 4.69) is 5.32 Å². The number of rotatable bonds is 3. The number of nitrogens with two attached hydrogens (primary N) is 1. The fourth-order valence-corrected chi connectivity index (χ4v) is 2.51. The Morgan fingerprint density at radius 3 is 2.76 bits per heavy atom. The summed E-state index contributed by atoms with van der Waals surface area (Å²) in [5.41, 5.74) is 5.48. The molecule has 0 aliphatic carbocycles. The quantitative estimate of drug-likeness (QED) is 0.808. The maximum absolute atomic E-state index is 13.9. The molecule has 1 aromatic rings. The van der Waals surface area contributed by atoms with Crippen LogP contribution in [-0.2, 0) is 4.79 Å². The summed E-state index contributed by atoms with van der Waals surface area (Å²) in [6.45, 7) is 1.58. The minimum absolute atomic E-state index is 0.109. The molecule has 2 rings (SSSR count). The number of nitrogens with one attached hydrogen (secondary N) is 1. The Hall–Kier alpha value is -2.15. The molecular formula is C14H19FN4O2. The molecule has 1 unspecified atom stereocenters. The lowest BCUT2D eigenvalue weighted by molar-refractivity contribution is -0.130. The van der Waals surface area contributed by atoms with Crippen LogP contribution in [0, 0.1) is 5.82 Å². The Morgan fingerprint density at radius 2 is 2.14 bits per heavy atom. The summed E-state index contributed by atoms with van der Waals surface area (Å²) in [5, 5.41) is 3.13. The third kappa shape index (κ3) is 2.97. The molecule has 1 aliphatic rings. The molecule has 1 aromatic carbocycles. The topological polar surface area (TPSA) is 78.7 Å². The molecule has 0 bridgehead atoms. The number of anilines is 1. The van der Waals surface area contributed by atoms with Gasteiger partial charge in [-0.15, -0.1) is 0 Å². The first-order valence-electron chi connectivity index (χ1n) is 6.70. The van der Waals surface area contributed by atoms with E-state index in [-0.39, 0.29) is 11.5 Å². The lowest BCUT2D eigenvalue weighted by atomic mass is 10.1. The van der Waals surface area contributed by atoms with Gasteiger partial charge in [0.25, 0.3) is 5.91 Å². The van der Waals surface area contributed by atoms with Gasteiger partial charge in [0.15, 0.2) is 0 Å². The van der Waals surface area contributed by atoms with Crippen LogP contribution >= 0.6 is 0 Å². The van der Waals surface area contributed by atoms with Gasteiger partial charge in [0.05, 0.1) is 11.3 Å². The molecule has 21 heavy (non-hydrogen) atoms. The SMILES string of the molecule is CN(C)C(=O)C1CNCCN1c1cccc(F)c1C(N)=O. The van der Waals surface area contributed by atoms with Gasteiger partial charge in [0.2, 0.25) is 5.91 Å². The monoisotopic (exact) mass is 294 g/mol. The molecule has 7 heteroatoms. The normalized spacial score (nSPS) is 18.4. The second-order valence-electron chi connectivity index (χ2n) is 5.14. The van der Waals surface area contributed by atoms with E-state index in [1.54, 1.807) is 25.1 Å². The van der Waals surface area contributed by atoms with Crippen molar-refractivity contribution in [3.05, 3.63) is 29.6 Å². The largest absolute Gasteiger partial charge is 0.365 e. The molecule has 2 amide bonds. The highest BCUT2D eigenvalue weighted by Gasteiger charge is 2.32. The van der Waals surface area contributed by atoms with Gasteiger partial charge >= 0.3 is 0 Å². The molecule has 1 heterocycles. The molecule has 3 N–H and O–H groups in total. The lowest BCUT2D eigenvalue weighted by Crippen LogP contribution is -2.58. The Labute approximate surface area is 122 Å². The van der Waals surface area contributed by atoms with Gasteiger partial charge in [0.1, 0.15) is 11.9 Å². The Kier molecular flexibility index (Phi) is 4.42. The summed E-state index contributed by atoms with van der Waals surface area (Å²) in [7, 11) is 3.32. The summed E-state index contributed by atoms with van der Waals surface area (Å²) in [6, 6.07) is 3.82. The van der Waals surface area contributed by atoms with E-state index in [9.17, 15) is 14.0 Å². The molecule has 1 saturated heterocycles. The second-order valence-corrected chi connectivity index (χ2v) is 5.14. The number of nitrogens with zero attached hydrogens (tertiary/aromatic N) is 2. The van der Waals surface area contributed by atoms with Crippen molar-refractivity contribution in [2.45, 2.75) is 6.04 Å². The molecule has 0 saturated carbocycles. The zero-order valence-corrected chi connectivity index (χ0v) is 12.1. The minimum Gasteiger partial charge on any atom is -0.365 e. The van der Waals surface area contributed by atoms with Gasteiger partial charge in [-0.3, -0.25) is 9.59 Å². The highest BCUT2D eigenvalue weighted by Crippen LogP contribution is 2.26. The number of primary amides is 1. The number of hydrogen-bond acceptors (Lipinski definition) is 4. The second kappa shape index (κ2) is 6.09. The molecule has 6 nitrogen and oxygen atoms in total. The van der Waals surface area contributed by atoms with Crippen LogP contribution in [0.4, 0.5) is 10.1 Å². The highest BCUT2D eigenvalue weighted by atomic mass is 19.1. The Bertz CT molecular complexity index is 562. The number of piperazine rings is 1. The summed E-state index contributed by atoms with van der Waals surface area (Å²) in [5.74, 6) is -1.62. The summed E-state index contributed by atoms with van der Waals surface area (Å²) in [4.78, 5) is 27.0. The molecular weight excluding hydrogens is 275 g/mol. The molecule has 0 aromatic heterocycles. The first-order valence-corrected chi connectivity index (χ1v) is 6.70. The maximum Gasteiger partial charge on any atom is 0.253 e. The van der Waals surface area contributed by atoms with Gasteiger partial charge in [-0.1, -0.05) is 6.07 Å². The smallest absolute Gasteiger partial charge is 0.253 e. The first-order chi connectivity index (χ1) is 9.93. The first kappa shape index (κ1) is 15.2. The predicted molar refractivity (Wildman–Crippen MR) is 77.6 cm³/mol. The van der Waals surface area contributed by atoms with Gasteiger partial charge in [0, 0.05) is 33.7 Å². The average Bonchev–Trinajstić information content (AvgIpc) is 2.45. The summed E-state index contributed by atoms with van der Waals surface area (Å²) < 4.78 is 13.9. The van der Waals surface area contributed by atoms with Crippen LogP contribution in [-0.4, -0.2) is 56.5 Å². The van der Waals surface area contributed by atoms with E-state index in [1.165, 1.54) is 17.0 Å². The van der Waals surface area contributed by atoms with Gasteiger partial charge in [-0.05, 0) is 12.1 Å². The van der Waals surface area contributed by atoms with Crippen molar-refractivity contribution in [3.8, 4) is 0 Å². The number of hydrogen-bond donors (Lipinski definition) is 2. The van der Waals surface area contributed by atoms with Crippen LogP contribution in [0.3, 0.4) is 0 Å². The van der Waals surface area contributed by atoms with E-state index in [4.69, 9.17) is 5.73 Å². The van der Waals surface area contributed by atoms with E-state index in [1.807, 2.05) is 0 Å². The van der Waals surface area contributed by atoms with Crippen molar-refractivity contribution in [1.82, 2.24) is 10.2 Å². The van der Waals surface area contributed by atoms with Crippen molar-refractivity contribution in [3.63, 3.8) is 0 Å². The lowest BCUT2D eigenvalue weighted by Gasteiger charge is -2.38. The number of likely N-dealkylation sites (N-methyl/N-ethyl adjacent to an activating group) is 1. The van der Waals surface area contributed by atoms with Gasteiger partial charge in [-0.25, -0.2) is 4.39 Å². The number of benzene rings is 1. The van der Waals surface area contributed by atoms with Gasteiger partial charge < -0.3 is 20.9 Å². The fraction of sp³-hybridized carbons (Fsp3) is 0.429. The Balaban J connectivity index is 2.45. The molecule has 0 spiro atoms. The standard InChI is InChI=1S/C14H19FN4O2/c1-18(2)14(21)11-8-17-6-7-19(11)10-5-3-4-9(15)12(10)13(16)20/h3-5,11,17H,6-8H2,1-2H3,(H2,16,20). The van der Waals surface area contributed by atoms with Crippen LogP contribution in [0.5, 0.6) is 0 Å². The maximum atomic E-state index is 13.9. The third-order valence-electron chi connectivity index (χ3n) is 3.52. The Morgan fingerprint density at radius 1 is 1.43 bits per heavy atom. The van der Waals surface area contributed by atoms with Crippen LogP contribution in [0.25, 0.3) is 0 Å². The van der Waals surface area contributed by atoms with Crippen molar-refractivity contribution >= 4 is 17.5 Å². The van der Waals surface area contributed by atoms with Crippen molar-refractivity contribution < 1.29 is 14.0 Å². The highest BCUT2D eigenvalue weighted by molar-refractivity contribution is 6.00. The van der Waals surface area contributed by atoms with Crippen LogP contribution in [0.2, 0.25) is 0 Å². The zero-order chi connectivity index (χ0) is 15.6. The molecule has 1 aliphatic heterocycles. The summed E-state index contributed by atoms with van der Waals surface area (Å²) >= 11 is 0. The van der Waals surface area contributed by atoms with Crippen molar-refractivity contribution in [2.75, 3.05) is 38.6 Å². The molecule has 114 valence electrons. The van der Waals surface area contributed by atoms with E-state index in [0.29, 0.717) is 25.3 Å². The van der Waals surface area contributed by atoms with E-state index >= 15 is 0 Å². The summed E-state index contributed by atoms with van der Waals surface area (Å²) in [6.07, 6.45) is 0. The number of carbonyl (C=O) groups is 2. The third-order valence-corrected chi connectivity index (χ3v) is 3.52. The number of carbonyl (C=O) groups excluding carboxylic acids is 2. The molecule has 0 radical (unpaired) electrons. The number of halogens is 1. The van der Waals surface area contributed by atoms with E-state index < -0.39 is 17.8 Å². The van der Waals surface area contributed by atoms with Gasteiger partial charge in [-0.2, -0.15) is 0 Å². The molecule has 1 fully saturated rings. The predicted octanol–water partition coefficient (Wildman–Crippen LogP) is -0.209. The molecule has 1 atom stereocenters. The number of amides is 2. The van der Waals surface area contributed by atoms with Crippen LogP contribution < -0.4 is 16.0 Å². The zero-order valence-electron chi connectivity index (χ0n) is 12.1. The van der Waals surface area contributed by atoms with Crippen LogP contribution in [0.1, 0.15) is 10.4 Å². The van der Waals surface area contributed by atoms with Crippen molar-refractivity contribution in [2.24, 2.45) is 5.73 Å². The average molecular weight is 294 g/mol.